The number of thiazole rings is 1. The molecule has 0 unspecified atom stereocenters. The summed E-state index contributed by atoms with van der Waals surface area (Å²) in [5.74, 6) is 0. The number of nitro benzene ring substituents is 1. The molecule has 1 heterocycles. The fourth-order valence-electron chi connectivity index (χ4n) is 1.53. The van der Waals surface area contributed by atoms with Crippen LogP contribution in [0.3, 0.4) is 0 Å². The Morgan fingerprint density at radius 1 is 1.50 bits per heavy atom. The van der Waals surface area contributed by atoms with Gasteiger partial charge in [0, 0.05) is 17.1 Å². The molecule has 0 radical (unpaired) electrons. The number of nitro groups is 1. The van der Waals surface area contributed by atoms with Gasteiger partial charge in [-0.05, 0) is 18.6 Å². The Hall–Kier alpha value is -2.15. The third kappa shape index (κ3) is 2.75. The van der Waals surface area contributed by atoms with Crippen LogP contribution in [0, 0.1) is 17.0 Å². The summed E-state index contributed by atoms with van der Waals surface area (Å²) < 4.78 is 0. The van der Waals surface area contributed by atoms with Crippen molar-refractivity contribution in [3.05, 3.63) is 54.6 Å². The fraction of sp³-hybridized carbons (Fsp3) is 0.182. The van der Waals surface area contributed by atoms with Crippen LogP contribution in [0.25, 0.3) is 0 Å². The average molecular weight is 265 g/mol. The zero-order valence-corrected chi connectivity index (χ0v) is 10.4. The van der Waals surface area contributed by atoms with E-state index < -0.39 is 4.92 Å². The van der Waals surface area contributed by atoms with Crippen LogP contribution < -0.4 is 10.2 Å². The van der Waals surface area contributed by atoms with Gasteiger partial charge < -0.3 is 10.3 Å². The van der Waals surface area contributed by atoms with Crippen molar-refractivity contribution in [3.8, 4) is 0 Å². The van der Waals surface area contributed by atoms with Gasteiger partial charge in [0.1, 0.15) is 5.69 Å². The highest BCUT2D eigenvalue weighted by atomic mass is 32.1. The van der Waals surface area contributed by atoms with E-state index in [-0.39, 0.29) is 10.6 Å². The van der Waals surface area contributed by atoms with Gasteiger partial charge in [-0.1, -0.05) is 17.4 Å². The number of aromatic nitrogens is 1. The minimum Gasteiger partial charge on any atom is -0.374 e. The third-order valence-electron chi connectivity index (χ3n) is 2.39. The molecule has 2 rings (SSSR count). The molecule has 0 saturated heterocycles. The quantitative estimate of drug-likeness (QED) is 0.655. The van der Waals surface area contributed by atoms with Gasteiger partial charge in [-0.25, -0.2) is 0 Å². The molecule has 7 heteroatoms. The fourth-order valence-corrected chi connectivity index (χ4v) is 2.11. The Labute approximate surface area is 106 Å². The van der Waals surface area contributed by atoms with Crippen molar-refractivity contribution in [2.75, 3.05) is 5.32 Å². The molecule has 0 aliphatic rings. The van der Waals surface area contributed by atoms with Gasteiger partial charge in [0.05, 0.1) is 11.5 Å². The van der Waals surface area contributed by atoms with E-state index in [1.165, 1.54) is 6.07 Å². The van der Waals surface area contributed by atoms with Gasteiger partial charge in [0.15, 0.2) is 0 Å². The molecule has 0 saturated carbocycles. The van der Waals surface area contributed by atoms with Crippen LogP contribution in [0.15, 0.2) is 28.4 Å². The topological polar surface area (TPSA) is 88.0 Å². The smallest absolute Gasteiger partial charge is 0.304 e. The summed E-state index contributed by atoms with van der Waals surface area (Å²) in [7, 11) is 0. The van der Waals surface area contributed by atoms with Crippen molar-refractivity contribution in [2.24, 2.45) is 0 Å². The molecule has 2 N–H and O–H groups in total. The normalized spacial score (nSPS) is 10.3. The van der Waals surface area contributed by atoms with Crippen LogP contribution in [0.1, 0.15) is 11.3 Å². The monoisotopic (exact) mass is 265 g/mol. The highest BCUT2D eigenvalue weighted by molar-refractivity contribution is 7.07. The molecule has 6 nitrogen and oxygen atoms in total. The molecule has 0 aliphatic heterocycles. The minimum atomic E-state index is -0.425. The standard InChI is InChI=1S/C11H11N3O3S/c1-7-2-3-9(10(4-7)14(16)17)12-5-8-6-18-11(15)13-8/h2-4,6,12H,5H2,1H3,(H,13,15). The summed E-state index contributed by atoms with van der Waals surface area (Å²) in [6.45, 7) is 2.15. The van der Waals surface area contributed by atoms with E-state index in [1.54, 1.807) is 24.4 Å². The Morgan fingerprint density at radius 3 is 2.89 bits per heavy atom. The van der Waals surface area contributed by atoms with E-state index in [9.17, 15) is 14.9 Å². The maximum Gasteiger partial charge on any atom is 0.304 e. The molecule has 2 aromatic rings. The first-order chi connectivity index (χ1) is 8.56. The minimum absolute atomic E-state index is 0.0348. The molecule has 0 atom stereocenters. The molecule has 0 bridgehead atoms. The summed E-state index contributed by atoms with van der Waals surface area (Å²) in [6, 6.07) is 4.97. The second-order valence-corrected chi connectivity index (χ2v) is 4.65. The molecule has 18 heavy (non-hydrogen) atoms. The number of aromatic amines is 1. The van der Waals surface area contributed by atoms with Crippen molar-refractivity contribution in [2.45, 2.75) is 13.5 Å². The van der Waals surface area contributed by atoms with Gasteiger partial charge in [0.2, 0.25) is 0 Å². The summed E-state index contributed by atoms with van der Waals surface area (Å²) in [4.78, 5) is 23.9. The largest absolute Gasteiger partial charge is 0.374 e. The zero-order chi connectivity index (χ0) is 13.1. The number of nitrogens with zero attached hydrogens (tertiary/aromatic N) is 1. The van der Waals surface area contributed by atoms with Crippen molar-refractivity contribution in [1.29, 1.82) is 0 Å². The number of H-pyrrole nitrogens is 1. The number of aryl methyl sites for hydroxylation is 1. The lowest BCUT2D eigenvalue weighted by Gasteiger charge is -2.06. The lowest BCUT2D eigenvalue weighted by atomic mass is 10.2. The van der Waals surface area contributed by atoms with Crippen LogP contribution in [0.5, 0.6) is 0 Å². The molecule has 0 amide bonds. The van der Waals surface area contributed by atoms with E-state index in [0.717, 1.165) is 16.9 Å². The highest BCUT2D eigenvalue weighted by Crippen LogP contribution is 2.25. The first-order valence-corrected chi connectivity index (χ1v) is 6.10. The molecule has 0 spiro atoms. The number of benzene rings is 1. The first kappa shape index (κ1) is 12.3. The van der Waals surface area contributed by atoms with Crippen molar-refractivity contribution in [1.82, 2.24) is 4.98 Å². The maximum atomic E-state index is 10.9. The van der Waals surface area contributed by atoms with Gasteiger partial charge in [-0.3, -0.25) is 14.9 Å². The predicted octanol–water partition coefficient (Wildman–Crippen LogP) is 2.27. The summed E-state index contributed by atoms with van der Waals surface area (Å²) in [5, 5.41) is 15.5. The average Bonchev–Trinajstić information content (AvgIpc) is 2.73. The SMILES string of the molecule is Cc1ccc(NCc2csc(=O)[nH]2)c([N+](=O)[O-])c1. The van der Waals surface area contributed by atoms with Crippen molar-refractivity contribution in [3.63, 3.8) is 0 Å². The number of rotatable bonds is 4. The zero-order valence-electron chi connectivity index (χ0n) is 9.60. The van der Waals surface area contributed by atoms with Crippen LogP contribution in [-0.4, -0.2) is 9.91 Å². The van der Waals surface area contributed by atoms with E-state index in [4.69, 9.17) is 0 Å². The molecule has 94 valence electrons. The Balaban J connectivity index is 2.18. The first-order valence-electron chi connectivity index (χ1n) is 5.22. The van der Waals surface area contributed by atoms with Crippen molar-refractivity contribution >= 4 is 22.7 Å². The number of anilines is 1. The number of hydrogen-bond acceptors (Lipinski definition) is 5. The maximum absolute atomic E-state index is 10.9. The molecule has 0 fully saturated rings. The third-order valence-corrected chi connectivity index (χ3v) is 3.11. The van der Waals surface area contributed by atoms with Crippen LogP contribution in [0.4, 0.5) is 11.4 Å². The molecule has 0 aliphatic carbocycles. The summed E-state index contributed by atoms with van der Waals surface area (Å²) in [5.41, 5.74) is 2.02. The Bertz CT molecular complexity index is 632. The predicted molar refractivity (Wildman–Crippen MR) is 70.1 cm³/mol. The second-order valence-electron chi connectivity index (χ2n) is 3.80. The van der Waals surface area contributed by atoms with Crippen LogP contribution >= 0.6 is 11.3 Å². The molecule has 1 aromatic carbocycles. The Kier molecular flexibility index (Phi) is 3.42. The van der Waals surface area contributed by atoms with Gasteiger partial charge in [-0.2, -0.15) is 0 Å². The number of hydrogen-bond donors (Lipinski definition) is 2. The Morgan fingerprint density at radius 2 is 2.28 bits per heavy atom. The summed E-state index contributed by atoms with van der Waals surface area (Å²) in [6.07, 6.45) is 0. The van der Waals surface area contributed by atoms with E-state index >= 15 is 0 Å². The van der Waals surface area contributed by atoms with Crippen LogP contribution in [-0.2, 0) is 6.54 Å². The molecular formula is C11H11N3O3S. The second kappa shape index (κ2) is 5.01. The van der Waals surface area contributed by atoms with Gasteiger partial charge >= 0.3 is 4.87 Å². The van der Waals surface area contributed by atoms with Gasteiger partial charge in [-0.15, -0.1) is 0 Å². The summed E-state index contributed by atoms with van der Waals surface area (Å²) >= 11 is 1.07. The van der Waals surface area contributed by atoms with E-state index in [1.807, 2.05) is 0 Å². The lowest BCUT2D eigenvalue weighted by molar-refractivity contribution is -0.384. The van der Waals surface area contributed by atoms with E-state index in [0.29, 0.717) is 17.9 Å². The highest BCUT2D eigenvalue weighted by Gasteiger charge is 2.13. The van der Waals surface area contributed by atoms with Gasteiger partial charge in [0.25, 0.3) is 5.69 Å². The lowest BCUT2D eigenvalue weighted by Crippen LogP contribution is -2.05. The van der Waals surface area contributed by atoms with Crippen LogP contribution in [0.2, 0.25) is 0 Å². The van der Waals surface area contributed by atoms with E-state index in [2.05, 4.69) is 10.3 Å². The molecule has 1 aromatic heterocycles. The molecular weight excluding hydrogens is 254 g/mol. The number of nitrogens with one attached hydrogen (secondary N) is 2. The van der Waals surface area contributed by atoms with Crippen molar-refractivity contribution < 1.29 is 4.92 Å².